The molecule has 1 heterocycles. The van der Waals surface area contributed by atoms with Gasteiger partial charge in [-0.15, -0.1) is 22.5 Å². The van der Waals surface area contributed by atoms with E-state index in [1.807, 2.05) is 0 Å². The Hall–Kier alpha value is -0.530. The van der Waals surface area contributed by atoms with Crippen LogP contribution < -0.4 is 0 Å². The zero-order valence-electron chi connectivity index (χ0n) is 5.28. The van der Waals surface area contributed by atoms with Gasteiger partial charge >= 0.3 is 0 Å². The van der Waals surface area contributed by atoms with E-state index in [0.717, 1.165) is 16.5 Å². The van der Waals surface area contributed by atoms with E-state index in [1.165, 1.54) is 0 Å². The van der Waals surface area contributed by atoms with E-state index in [9.17, 15) is 0 Å². The van der Waals surface area contributed by atoms with Crippen molar-refractivity contribution < 1.29 is 0 Å². The van der Waals surface area contributed by atoms with E-state index in [0.29, 0.717) is 0 Å². The molecule has 0 atom stereocenters. The lowest BCUT2D eigenvalue weighted by molar-refractivity contribution is 1.01. The monoisotopic (exact) mass is 170 g/mol. The van der Waals surface area contributed by atoms with E-state index in [1.54, 1.807) is 28.6 Å². The fourth-order valence-electron chi connectivity index (χ4n) is 0.423. The molecule has 0 aliphatic rings. The van der Waals surface area contributed by atoms with Gasteiger partial charge in [0.25, 0.3) is 0 Å². The predicted molar refractivity (Wildman–Crippen MR) is 44.1 cm³/mol. The van der Waals surface area contributed by atoms with Crippen LogP contribution in [0.2, 0.25) is 0 Å². The third-order valence-corrected chi connectivity index (χ3v) is 2.67. The SMILES string of the molecule is C#CCCSc1nncs1. The summed E-state index contributed by atoms with van der Waals surface area (Å²) >= 11 is 3.20. The second kappa shape index (κ2) is 4.31. The lowest BCUT2D eigenvalue weighted by atomic mass is 10.5. The fourth-order valence-corrected chi connectivity index (χ4v) is 1.85. The van der Waals surface area contributed by atoms with Crippen LogP contribution in [0, 0.1) is 12.3 Å². The van der Waals surface area contributed by atoms with E-state index in [4.69, 9.17) is 6.42 Å². The normalized spacial score (nSPS) is 9.10. The summed E-state index contributed by atoms with van der Waals surface area (Å²) in [5, 5.41) is 7.55. The molecule has 0 saturated carbocycles. The minimum absolute atomic E-state index is 0.796. The third-order valence-electron chi connectivity index (χ3n) is 0.812. The number of hydrogen-bond acceptors (Lipinski definition) is 4. The standard InChI is InChI=1S/C6H6N2S2/c1-2-3-4-9-6-8-7-5-10-6/h1,5H,3-4H2. The molecule has 52 valence electrons. The van der Waals surface area contributed by atoms with Gasteiger partial charge in [-0.25, -0.2) is 0 Å². The van der Waals surface area contributed by atoms with Crippen molar-refractivity contribution in [3.05, 3.63) is 5.51 Å². The second-order valence-electron chi connectivity index (χ2n) is 1.51. The van der Waals surface area contributed by atoms with Gasteiger partial charge in [0.15, 0.2) is 4.34 Å². The quantitative estimate of drug-likeness (QED) is 0.392. The van der Waals surface area contributed by atoms with Crippen molar-refractivity contribution in [2.45, 2.75) is 10.8 Å². The Morgan fingerprint density at radius 3 is 3.30 bits per heavy atom. The van der Waals surface area contributed by atoms with E-state index >= 15 is 0 Å². The molecule has 0 aliphatic heterocycles. The molecular weight excluding hydrogens is 164 g/mol. The minimum Gasteiger partial charge on any atom is -0.146 e. The Kier molecular flexibility index (Phi) is 3.27. The Morgan fingerprint density at radius 2 is 2.70 bits per heavy atom. The summed E-state index contributed by atoms with van der Waals surface area (Å²) in [6.07, 6.45) is 5.87. The van der Waals surface area contributed by atoms with Crippen molar-refractivity contribution in [2.75, 3.05) is 5.75 Å². The number of thioether (sulfide) groups is 1. The summed E-state index contributed by atoms with van der Waals surface area (Å²) in [5.74, 6) is 3.50. The van der Waals surface area contributed by atoms with Crippen LogP contribution in [0.15, 0.2) is 9.85 Å². The molecule has 0 spiro atoms. The molecule has 0 N–H and O–H groups in total. The zero-order valence-corrected chi connectivity index (χ0v) is 6.91. The van der Waals surface area contributed by atoms with Crippen LogP contribution in [0.1, 0.15) is 6.42 Å². The Bertz CT molecular complexity index is 212. The van der Waals surface area contributed by atoms with Gasteiger partial charge in [0.1, 0.15) is 5.51 Å². The number of rotatable bonds is 3. The average molecular weight is 170 g/mol. The molecule has 1 aromatic heterocycles. The first kappa shape index (κ1) is 7.58. The molecule has 0 aromatic carbocycles. The molecule has 0 radical (unpaired) electrons. The predicted octanol–water partition coefficient (Wildman–Crippen LogP) is 1.65. The summed E-state index contributed by atoms with van der Waals surface area (Å²) in [4.78, 5) is 0. The van der Waals surface area contributed by atoms with Gasteiger partial charge < -0.3 is 0 Å². The highest BCUT2D eigenvalue weighted by Gasteiger charge is 1.94. The maximum atomic E-state index is 5.07. The van der Waals surface area contributed by atoms with Crippen molar-refractivity contribution in [1.82, 2.24) is 10.2 Å². The molecule has 0 fully saturated rings. The molecular formula is C6H6N2S2. The summed E-state index contributed by atoms with van der Waals surface area (Å²) in [7, 11) is 0. The lowest BCUT2D eigenvalue weighted by Crippen LogP contribution is -1.75. The number of terminal acetylenes is 1. The molecule has 2 nitrogen and oxygen atoms in total. The van der Waals surface area contributed by atoms with Crippen molar-refractivity contribution in [1.29, 1.82) is 0 Å². The first-order valence-electron chi connectivity index (χ1n) is 2.76. The molecule has 1 rings (SSSR count). The first-order valence-corrected chi connectivity index (χ1v) is 4.62. The number of nitrogens with zero attached hydrogens (tertiary/aromatic N) is 2. The smallest absolute Gasteiger partial charge is 0.146 e. The highest BCUT2D eigenvalue weighted by atomic mass is 32.2. The highest BCUT2D eigenvalue weighted by Crippen LogP contribution is 2.18. The van der Waals surface area contributed by atoms with E-state index < -0.39 is 0 Å². The topological polar surface area (TPSA) is 25.8 Å². The molecule has 1 aromatic rings. The van der Waals surface area contributed by atoms with Gasteiger partial charge in [-0.05, 0) is 0 Å². The van der Waals surface area contributed by atoms with E-state index in [2.05, 4.69) is 16.1 Å². The van der Waals surface area contributed by atoms with Crippen LogP contribution >= 0.6 is 23.1 Å². The summed E-state index contributed by atoms with van der Waals surface area (Å²) in [6, 6.07) is 0. The van der Waals surface area contributed by atoms with Crippen molar-refractivity contribution >= 4 is 23.1 Å². The summed E-state index contributed by atoms with van der Waals surface area (Å²) < 4.78 is 0.996. The van der Waals surface area contributed by atoms with Gasteiger partial charge in [-0.3, -0.25) is 0 Å². The molecule has 0 unspecified atom stereocenters. The van der Waals surface area contributed by atoms with E-state index in [-0.39, 0.29) is 0 Å². The fraction of sp³-hybridized carbons (Fsp3) is 0.333. The van der Waals surface area contributed by atoms with Crippen molar-refractivity contribution in [2.24, 2.45) is 0 Å². The molecule has 0 bridgehead atoms. The second-order valence-corrected chi connectivity index (χ2v) is 3.68. The molecule has 10 heavy (non-hydrogen) atoms. The number of hydrogen-bond donors (Lipinski definition) is 0. The van der Waals surface area contributed by atoms with Gasteiger partial charge in [0, 0.05) is 12.2 Å². The highest BCUT2D eigenvalue weighted by molar-refractivity contribution is 8.00. The van der Waals surface area contributed by atoms with Crippen LogP contribution in [-0.2, 0) is 0 Å². The third kappa shape index (κ3) is 2.38. The van der Waals surface area contributed by atoms with Crippen LogP contribution in [0.5, 0.6) is 0 Å². The largest absolute Gasteiger partial charge is 0.174 e. The molecule has 0 amide bonds. The van der Waals surface area contributed by atoms with Gasteiger partial charge in [0.05, 0.1) is 0 Å². The van der Waals surface area contributed by atoms with Crippen molar-refractivity contribution in [3.8, 4) is 12.3 Å². The van der Waals surface area contributed by atoms with Gasteiger partial charge in [0.2, 0.25) is 0 Å². The van der Waals surface area contributed by atoms with Gasteiger partial charge in [-0.2, -0.15) is 0 Å². The summed E-state index contributed by atoms with van der Waals surface area (Å²) in [6.45, 7) is 0. The molecule has 4 heteroatoms. The average Bonchev–Trinajstić information content (AvgIpc) is 2.41. The Morgan fingerprint density at radius 1 is 1.80 bits per heavy atom. The lowest BCUT2D eigenvalue weighted by Gasteiger charge is -1.87. The number of aromatic nitrogens is 2. The summed E-state index contributed by atoms with van der Waals surface area (Å²) in [5.41, 5.74) is 1.72. The maximum absolute atomic E-state index is 5.07. The Labute approximate surface area is 68.1 Å². The van der Waals surface area contributed by atoms with Crippen LogP contribution in [-0.4, -0.2) is 16.0 Å². The maximum Gasteiger partial charge on any atom is 0.174 e. The Balaban J connectivity index is 2.23. The van der Waals surface area contributed by atoms with Crippen LogP contribution in [0.3, 0.4) is 0 Å². The van der Waals surface area contributed by atoms with Crippen LogP contribution in [0.4, 0.5) is 0 Å². The zero-order chi connectivity index (χ0) is 7.23. The molecule has 0 aliphatic carbocycles. The van der Waals surface area contributed by atoms with Crippen LogP contribution in [0.25, 0.3) is 0 Å². The van der Waals surface area contributed by atoms with Crippen molar-refractivity contribution in [3.63, 3.8) is 0 Å². The van der Waals surface area contributed by atoms with Gasteiger partial charge in [-0.1, -0.05) is 23.1 Å². The molecule has 0 saturated heterocycles. The minimum atomic E-state index is 0.796. The first-order chi connectivity index (χ1) is 4.93.